The molecule has 3 aromatic rings. The third kappa shape index (κ3) is 4.02. The Bertz CT molecular complexity index is 1330. The van der Waals surface area contributed by atoms with Crippen molar-refractivity contribution in [3.8, 4) is 0 Å². The highest BCUT2D eigenvalue weighted by atomic mass is 32.2. The van der Waals surface area contributed by atoms with Gasteiger partial charge in [0.15, 0.2) is 0 Å². The lowest BCUT2D eigenvalue weighted by Crippen LogP contribution is -2.34. The Labute approximate surface area is 208 Å². The fraction of sp³-hybridized carbons (Fsp3) is 0.385. The Morgan fingerprint density at radius 1 is 1.06 bits per heavy atom. The van der Waals surface area contributed by atoms with Gasteiger partial charge in [-0.2, -0.15) is 13.2 Å². The number of thiazole rings is 1. The Balaban J connectivity index is 1.32. The standard InChI is InChI=1S/C26H23F3N2O2S2/c27-26(28,29)17-7-4-8-18(12-17)30-19(32)13-31-24-23(35-25(31)33)20(14-5-2-1-3-6-14)21-15-9-10-16(11-15)22(21)34-24/h1-8,12,15-16,20-22H,9-11,13H2,(H,30,32)/t15-,16-,20-,21-,22+/m0/s1. The number of carbonyl (C=O) groups is 1. The molecule has 2 heterocycles. The van der Waals surface area contributed by atoms with E-state index >= 15 is 0 Å². The lowest BCUT2D eigenvalue weighted by molar-refractivity contribution is -0.137. The van der Waals surface area contributed by atoms with Crippen LogP contribution in [0.2, 0.25) is 0 Å². The van der Waals surface area contributed by atoms with Crippen LogP contribution in [0.4, 0.5) is 18.9 Å². The van der Waals surface area contributed by atoms with Crippen molar-refractivity contribution in [2.75, 3.05) is 5.32 Å². The molecular weight excluding hydrogens is 493 g/mol. The van der Waals surface area contributed by atoms with Gasteiger partial charge in [-0.05, 0) is 60.8 Å². The number of anilines is 1. The molecule has 9 heteroatoms. The molecule has 1 aliphatic heterocycles. The SMILES string of the molecule is O=C(Cn1c2c(sc1=O)[C@@H](c1ccccc1)[C@@H]1[C@H]3CC[C@@H](C3)[C@H]1S2)Nc1cccc(C(F)(F)F)c1. The van der Waals surface area contributed by atoms with Gasteiger partial charge in [0, 0.05) is 21.7 Å². The molecule has 3 aliphatic rings. The highest BCUT2D eigenvalue weighted by Crippen LogP contribution is 2.63. The summed E-state index contributed by atoms with van der Waals surface area (Å²) in [4.78, 5) is 26.7. The molecule has 1 amide bonds. The summed E-state index contributed by atoms with van der Waals surface area (Å²) in [7, 11) is 0. The molecule has 0 unspecified atom stereocenters. The maximum Gasteiger partial charge on any atom is 0.416 e. The predicted molar refractivity (Wildman–Crippen MR) is 131 cm³/mol. The van der Waals surface area contributed by atoms with Gasteiger partial charge in [0.2, 0.25) is 5.91 Å². The van der Waals surface area contributed by atoms with E-state index in [0.29, 0.717) is 23.0 Å². The molecule has 1 N–H and O–H groups in total. The zero-order valence-corrected chi connectivity index (χ0v) is 20.3. The number of rotatable bonds is 4. The predicted octanol–water partition coefficient (Wildman–Crippen LogP) is 6.22. The van der Waals surface area contributed by atoms with Crippen molar-refractivity contribution in [1.29, 1.82) is 0 Å². The van der Waals surface area contributed by atoms with Crippen molar-refractivity contribution in [2.24, 2.45) is 17.8 Å². The number of benzene rings is 2. The van der Waals surface area contributed by atoms with Crippen molar-refractivity contribution < 1.29 is 18.0 Å². The Hall–Kier alpha value is -2.52. The molecule has 1 aromatic heterocycles. The molecule has 2 saturated carbocycles. The Morgan fingerprint density at radius 3 is 2.60 bits per heavy atom. The van der Waals surface area contributed by atoms with Gasteiger partial charge in [0.25, 0.3) is 0 Å². The third-order valence-corrected chi connectivity index (χ3v) is 10.5. The van der Waals surface area contributed by atoms with Crippen LogP contribution < -0.4 is 10.2 Å². The zero-order chi connectivity index (χ0) is 24.3. The van der Waals surface area contributed by atoms with Gasteiger partial charge in [0.1, 0.15) is 6.54 Å². The van der Waals surface area contributed by atoms with Gasteiger partial charge < -0.3 is 5.32 Å². The number of nitrogens with one attached hydrogen (secondary N) is 1. The van der Waals surface area contributed by atoms with Gasteiger partial charge in [0.05, 0.1) is 10.6 Å². The van der Waals surface area contributed by atoms with Crippen LogP contribution in [-0.4, -0.2) is 15.7 Å². The normalized spacial score (nSPS) is 26.9. The average molecular weight is 517 g/mol. The van der Waals surface area contributed by atoms with Crippen molar-refractivity contribution in [2.45, 2.75) is 48.2 Å². The number of hydrogen-bond donors (Lipinski definition) is 1. The van der Waals surface area contributed by atoms with E-state index < -0.39 is 17.6 Å². The number of aromatic nitrogens is 1. The summed E-state index contributed by atoms with van der Waals surface area (Å²) in [5.74, 6) is 1.39. The molecule has 4 nitrogen and oxygen atoms in total. The number of carbonyl (C=O) groups excluding carboxylic acids is 1. The van der Waals surface area contributed by atoms with E-state index in [1.54, 1.807) is 11.8 Å². The van der Waals surface area contributed by atoms with Crippen LogP contribution in [0.25, 0.3) is 0 Å². The fourth-order valence-corrected chi connectivity index (χ4v) is 9.39. The van der Waals surface area contributed by atoms with Crippen LogP contribution in [-0.2, 0) is 17.5 Å². The maximum atomic E-state index is 13.1. The van der Waals surface area contributed by atoms with Crippen molar-refractivity contribution in [3.05, 3.63) is 80.3 Å². The number of amides is 1. The van der Waals surface area contributed by atoms with E-state index in [-0.39, 0.29) is 23.0 Å². The van der Waals surface area contributed by atoms with Gasteiger partial charge in [-0.1, -0.05) is 47.7 Å². The lowest BCUT2D eigenvalue weighted by Gasteiger charge is -2.40. The summed E-state index contributed by atoms with van der Waals surface area (Å²) >= 11 is 2.94. The summed E-state index contributed by atoms with van der Waals surface area (Å²) in [5, 5.41) is 3.80. The molecule has 6 rings (SSSR count). The molecule has 0 spiro atoms. The molecule has 5 atom stereocenters. The van der Waals surface area contributed by atoms with Crippen LogP contribution >= 0.6 is 23.1 Å². The Kier molecular flexibility index (Phi) is 5.60. The highest BCUT2D eigenvalue weighted by molar-refractivity contribution is 8.00. The first-order chi connectivity index (χ1) is 16.8. The minimum Gasteiger partial charge on any atom is -0.325 e. The first-order valence-corrected chi connectivity index (χ1v) is 13.4. The number of fused-ring (bicyclic) bond motifs is 6. The number of thioether (sulfide) groups is 1. The average Bonchev–Trinajstić information content (AvgIpc) is 3.52. The second-order valence-electron chi connectivity index (χ2n) is 9.63. The molecule has 0 saturated heterocycles. The third-order valence-electron chi connectivity index (χ3n) is 7.62. The van der Waals surface area contributed by atoms with E-state index in [1.165, 1.54) is 52.9 Å². The number of alkyl halides is 3. The second-order valence-corrected chi connectivity index (χ2v) is 11.8. The minimum atomic E-state index is -4.50. The maximum absolute atomic E-state index is 13.1. The summed E-state index contributed by atoms with van der Waals surface area (Å²) in [6.07, 6.45) is -0.828. The van der Waals surface area contributed by atoms with Crippen LogP contribution in [0.1, 0.15) is 41.2 Å². The van der Waals surface area contributed by atoms with E-state index in [0.717, 1.165) is 22.0 Å². The van der Waals surface area contributed by atoms with Gasteiger partial charge >= 0.3 is 11.0 Å². The van der Waals surface area contributed by atoms with E-state index in [4.69, 9.17) is 0 Å². The summed E-state index contributed by atoms with van der Waals surface area (Å²) < 4.78 is 40.6. The minimum absolute atomic E-state index is 0.0601. The fourth-order valence-electron chi connectivity index (χ4n) is 6.24. The molecule has 182 valence electrons. The largest absolute Gasteiger partial charge is 0.416 e. The van der Waals surface area contributed by atoms with Gasteiger partial charge in [-0.15, -0.1) is 11.8 Å². The van der Waals surface area contributed by atoms with Crippen molar-refractivity contribution >= 4 is 34.7 Å². The molecular formula is C26H23F3N2O2S2. The highest BCUT2D eigenvalue weighted by Gasteiger charge is 2.55. The van der Waals surface area contributed by atoms with Crippen molar-refractivity contribution in [3.63, 3.8) is 0 Å². The molecule has 2 fully saturated rings. The van der Waals surface area contributed by atoms with Crippen LogP contribution in [0.5, 0.6) is 0 Å². The summed E-state index contributed by atoms with van der Waals surface area (Å²) in [6, 6.07) is 14.8. The molecule has 2 aromatic carbocycles. The number of nitrogens with zero attached hydrogens (tertiary/aromatic N) is 1. The topological polar surface area (TPSA) is 51.1 Å². The van der Waals surface area contributed by atoms with Gasteiger partial charge in [-0.25, -0.2) is 0 Å². The van der Waals surface area contributed by atoms with Gasteiger partial charge in [-0.3, -0.25) is 14.2 Å². The summed E-state index contributed by atoms with van der Waals surface area (Å²) in [6.45, 7) is -0.221. The second kappa shape index (κ2) is 8.55. The first-order valence-electron chi connectivity index (χ1n) is 11.7. The van der Waals surface area contributed by atoms with E-state index in [1.807, 2.05) is 18.2 Å². The molecule has 0 radical (unpaired) electrons. The Morgan fingerprint density at radius 2 is 1.83 bits per heavy atom. The summed E-state index contributed by atoms with van der Waals surface area (Å²) in [5.41, 5.74) is 0.437. The lowest BCUT2D eigenvalue weighted by atomic mass is 9.75. The van der Waals surface area contributed by atoms with Crippen molar-refractivity contribution in [1.82, 2.24) is 4.57 Å². The molecule has 2 aliphatic carbocycles. The number of halogens is 3. The van der Waals surface area contributed by atoms with Crippen LogP contribution in [0.15, 0.2) is 64.4 Å². The quantitative estimate of drug-likeness (QED) is 0.448. The molecule has 2 bridgehead atoms. The number of hydrogen-bond acceptors (Lipinski definition) is 4. The van der Waals surface area contributed by atoms with Crippen LogP contribution in [0.3, 0.4) is 0 Å². The first kappa shape index (κ1) is 22.9. The van der Waals surface area contributed by atoms with E-state index in [9.17, 15) is 22.8 Å². The zero-order valence-electron chi connectivity index (χ0n) is 18.6. The van der Waals surface area contributed by atoms with E-state index in [2.05, 4.69) is 17.4 Å². The monoisotopic (exact) mass is 516 g/mol. The van der Waals surface area contributed by atoms with Crippen LogP contribution in [0, 0.1) is 17.8 Å². The molecule has 35 heavy (non-hydrogen) atoms. The smallest absolute Gasteiger partial charge is 0.325 e.